The minimum absolute atomic E-state index is 0.302. The highest BCUT2D eigenvalue weighted by atomic mass is 16.5. The molecule has 0 aliphatic carbocycles. The third-order valence-corrected chi connectivity index (χ3v) is 6.45. The molecule has 1 aliphatic rings. The molecule has 0 radical (unpaired) electrons. The molecule has 6 rings (SSSR count). The minimum atomic E-state index is -0.302. The van der Waals surface area contributed by atoms with Crippen LogP contribution in [0, 0.1) is 5.41 Å². The lowest BCUT2D eigenvalue weighted by atomic mass is 9.81. The number of hydrogen-bond acceptors (Lipinski definition) is 6. The van der Waals surface area contributed by atoms with Gasteiger partial charge in [0, 0.05) is 11.5 Å². The fraction of sp³-hybridized carbons (Fsp3) is 0.143. The van der Waals surface area contributed by atoms with Gasteiger partial charge >= 0.3 is 0 Å². The van der Waals surface area contributed by atoms with Crippen LogP contribution in [0.2, 0.25) is 0 Å². The van der Waals surface area contributed by atoms with Gasteiger partial charge in [-0.25, -0.2) is 4.98 Å². The summed E-state index contributed by atoms with van der Waals surface area (Å²) in [5, 5.41) is 11.3. The molecule has 7 heteroatoms. The zero-order valence-corrected chi connectivity index (χ0v) is 19.3. The van der Waals surface area contributed by atoms with Gasteiger partial charge < -0.3 is 23.2 Å². The first-order valence-electron chi connectivity index (χ1n) is 11.3. The molecule has 3 heterocycles. The number of rotatable bonds is 5. The van der Waals surface area contributed by atoms with Gasteiger partial charge in [-0.05, 0) is 46.7 Å². The highest BCUT2D eigenvalue weighted by Crippen LogP contribution is 2.49. The summed E-state index contributed by atoms with van der Waals surface area (Å²) in [7, 11) is 3.24. The molecule has 5 aromatic rings. The minimum Gasteiger partial charge on any atom is -0.493 e. The van der Waals surface area contributed by atoms with Crippen molar-refractivity contribution < 1.29 is 18.6 Å². The molecule has 0 bridgehead atoms. The van der Waals surface area contributed by atoms with Gasteiger partial charge in [-0.2, -0.15) is 0 Å². The van der Waals surface area contributed by atoms with Crippen LogP contribution in [0.3, 0.4) is 0 Å². The van der Waals surface area contributed by atoms with Crippen LogP contribution in [0.4, 0.5) is 0 Å². The molecule has 0 amide bonds. The predicted molar refractivity (Wildman–Crippen MR) is 130 cm³/mol. The maximum atomic E-state index is 9.18. The Kier molecular flexibility index (Phi) is 5.03. The number of nitrogens with zero attached hydrogens (tertiary/aromatic N) is 2. The molecule has 1 atom stereocenters. The number of fused-ring (bicyclic) bond motifs is 4. The average molecular weight is 466 g/mol. The second-order valence-corrected chi connectivity index (χ2v) is 8.37. The Labute approximate surface area is 201 Å². The van der Waals surface area contributed by atoms with Crippen molar-refractivity contribution in [1.82, 2.24) is 9.55 Å². The molecule has 7 nitrogen and oxygen atoms in total. The van der Waals surface area contributed by atoms with Crippen molar-refractivity contribution in [3.8, 4) is 23.1 Å². The van der Waals surface area contributed by atoms with Crippen molar-refractivity contribution in [1.29, 1.82) is 5.41 Å². The topological polar surface area (TPSA) is 82.5 Å². The highest BCUT2D eigenvalue weighted by molar-refractivity contribution is 5.90. The molecule has 174 valence electrons. The van der Waals surface area contributed by atoms with Gasteiger partial charge in [0.05, 0.1) is 32.6 Å². The summed E-state index contributed by atoms with van der Waals surface area (Å²) in [6.45, 7) is 0.396. The summed E-state index contributed by atoms with van der Waals surface area (Å²) in [6.07, 6.45) is 3.25. The lowest BCUT2D eigenvalue weighted by molar-refractivity contribution is 0.354. The SMILES string of the molecule is COc1ccc([C@H]2c3c(ncn(Cc4ccco4)c3=N)Oc3ccc4ccccc4c32)cc1OC. The van der Waals surface area contributed by atoms with E-state index in [-0.39, 0.29) is 5.92 Å². The highest BCUT2D eigenvalue weighted by Gasteiger charge is 2.34. The van der Waals surface area contributed by atoms with Crippen LogP contribution >= 0.6 is 0 Å². The number of nitrogens with one attached hydrogen (secondary N) is 1. The molecular formula is C28H23N3O4. The van der Waals surface area contributed by atoms with E-state index in [1.54, 1.807) is 31.4 Å². The lowest BCUT2D eigenvalue weighted by Gasteiger charge is -2.30. The van der Waals surface area contributed by atoms with Gasteiger partial charge in [0.25, 0.3) is 0 Å². The average Bonchev–Trinajstić information content (AvgIpc) is 3.42. The first kappa shape index (κ1) is 21.0. The Bertz CT molecular complexity index is 1610. The van der Waals surface area contributed by atoms with Crippen molar-refractivity contribution in [2.45, 2.75) is 12.5 Å². The van der Waals surface area contributed by atoms with E-state index >= 15 is 0 Å². The Hall–Kier alpha value is -4.52. The van der Waals surface area contributed by atoms with Gasteiger partial charge in [-0.15, -0.1) is 0 Å². The first-order valence-corrected chi connectivity index (χ1v) is 11.3. The van der Waals surface area contributed by atoms with Crippen molar-refractivity contribution in [2.75, 3.05) is 14.2 Å². The predicted octanol–water partition coefficient (Wildman–Crippen LogP) is 5.46. The zero-order valence-electron chi connectivity index (χ0n) is 19.3. The van der Waals surface area contributed by atoms with E-state index < -0.39 is 0 Å². The first-order chi connectivity index (χ1) is 17.2. The third-order valence-electron chi connectivity index (χ3n) is 6.45. The van der Waals surface area contributed by atoms with E-state index in [1.807, 2.05) is 54.6 Å². The largest absolute Gasteiger partial charge is 0.493 e. The van der Waals surface area contributed by atoms with Crippen LogP contribution < -0.4 is 19.7 Å². The summed E-state index contributed by atoms with van der Waals surface area (Å²) in [6, 6.07) is 21.8. The second-order valence-electron chi connectivity index (χ2n) is 8.37. The molecule has 1 aliphatic heterocycles. The quantitative estimate of drug-likeness (QED) is 0.366. The zero-order chi connectivity index (χ0) is 23.9. The summed E-state index contributed by atoms with van der Waals surface area (Å²) < 4.78 is 24.7. The maximum Gasteiger partial charge on any atom is 0.228 e. The molecule has 35 heavy (non-hydrogen) atoms. The maximum absolute atomic E-state index is 9.18. The summed E-state index contributed by atoms with van der Waals surface area (Å²) in [4.78, 5) is 4.61. The van der Waals surface area contributed by atoms with E-state index in [9.17, 15) is 5.41 Å². The number of furan rings is 1. The summed E-state index contributed by atoms with van der Waals surface area (Å²) >= 11 is 0. The van der Waals surface area contributed by atoms with Gasteiger partial charge in [0.15, 0.2) is 11.5 Å². The van der Waals surface area contributed by atoms with E-state index in [4.69, 9.17) is 18.6 Å². The number of benzene rings is 3. The molecule has 3 aromatic carbocycles. The van der Waals surface area contributed by atoms with Crippen LogP contribution in [-0.2, 0) is 6.54 Å². The Balaban J connectivity index is 1.63. The van der Waals surface area contributed by atoms with Crippen LogP contribution in [0.5, 0.6) is 23.1 Å². The van der Waals surface area contributed by atoms with Gasteiger partial charge in [0.1, 0.15) is 23.3 Å². The third kappa shape index (κ3) is 3.44. The van der Waals surface area contributed by atoms with Crippen molar-refractivity contribution in [3.05, 3.63) is 107 Å². The monoisotopic (exact) mass is 465 g/mol. The van der Waals surface area contributed by atoms with Gasteiger partial charge in [-0.3, -0.25) is 5.41 Å². The normalized spacial score (nSPS) is 14.2. The molecule has 0 fully saturated rings. The smallest absolute Gasteiger partial charge is 0.228 e. The summed E-state index contributed by atoms with van der Waals surface area (Å²) in [5.74, 6) is 2.87. The molecule has 0 spiro atoms. The molecule has 0 saturated heterocycles. The van der Waals surface area contributed by atoms with Crippen molar-refractivity contribution in [2.24, 2.45) is 0 Å². The number of hydrogen-bond donors (Lipinski definition) is 1. The molecular weight excluding hydrogens is 442 g/mol. The van der Waals surface area contributed by atoms with E-state index in [0.29, 0.717) is 35.0 Å². The lowest BCUT2D eigenvalue weighted by Crippen LogP contribution is -2.30. The fourth-order valence-electron chi connectivity index (χ4n) is 4.81. The molecule has 2 aromatic heterocycles. The fourth-order valence-corrected chi connectivity index (χ4v) is 4.81. The van der Waals surface area contributed by atoms with Crippen molar-refractivity contribution in [3.63, 3.8) is 0 Å². The van der Waals surface area contributed by atoms with E-state index in [0.717, 1.165) is 33.4 Å². The molecule has 0 saturated carbocycles. The molecule has 0 unspecified atom stereocenters. The van der Waals surface area contributed by atoms with Crippen LogP contribution in [-0.4, -0.2) is 23.8 Å². The van der Waals surface area contributed by atoms with Crippen molar-refractivity contribution >= 4 is 10.8 Å². The number of methoxy groups -OCH3 is 2. The number of ether oxygens (including phenoxy) is 3. The summed E-state index contributed by atoms with van der Waals surface area (Å²) in [5.41, 5.74) is 2.95. The Morgan fingerprint density at radius 3 is 2.60 bits per heavy atom. The van der Waals surface area contributed by atoms with Crippen LogP contribution in [0.1, 0.15) is 28.4 Å². The van der Waals surface area contributed by atoms with E-state index in [1.165, 1.54) is 0 Å². The van der Waals surface area contributed by atoms with Crippen LogP contribution in [0.15, 0.2) is 83.7 Å². The second kappa shape index (κ2) is 8.36. The number of aromatic nitrogens is 2. The Morgan fingerprint density at radius 1 is 0.943 bits per heavy atom. The van der Waals surface area contributed by atoms with E-state index in [2.05, 4.69) is 17.1 Å². The van der Waals surface area contributed by atoms with Crippen LogP contribution in [0.25, 0.3) is 10.8 Å². The Morgan fingerprint density at radius 2 is 1.80 bits per heavy atom. The van der Waals surface area contributed by atoms with Gasteiger partial charge in [-0.1, -0.05) is 36.4 Å². The standard InChI is InChI=1S/C28H23N3O4/c1-32-21-11-10-18(14-23(21)33-2)24-25-20-8-4-3-6-17(20)9-12-22(25)35-28-26(24)27(29)31(16-30-28)15-19-7-5-13-34-19/h3-14,16,24,29H,15H2,1-2H3/t24-/m1/s1. The molecule has 1 N–H and O–H groups in total. The van der Waals surface area contributed by atoms with Gasteiger partial charge in [0.2, 0.25) is 5.88 Å².